The minimum atomic E-state index is -2.13. The SMILES string of the molecule is NCCCC(=O)c1ccc2c(c1CCN=O)C(=O)OC21c2ccc(OC(=O)c3ccccc3)c(C(=O)OCc3ccccc3)c2Oc2c1ccc(OC(=O)c1ccccc1)c2C(=O)OCc1ccccc1. The molecule has 15 nitrogen and oxygen atoms in total. The minimum Gasteiger partial charge on any atom is -0.457 e. The van der Waals surface area contributed by atoms with Crippen molar-refractivity contribution >= 4 is 35.6 Å². The largest absolute Gasteiger partial charge is 0.457 e. The van der Waals surface area contributed by atoms with Gasteiger partial charge >= 0.3 is 29.8 Å². The zero-order chi connectivity index (χ0) is 49.5. The molecule has 0 atom stereocenters. The smallest absolute Gasteiger partial charge is 0.346 e. The Bertz CT molecular complexity index is 3050. The van der Waals surface area contributed by atoms with Gasteiger partial charge in [0.15, 0.2) is 22.9 Å². The molecule has 1 spiro atoms. The number of benzene rings is 7. The monoisotopic (exact) mass is 950 g/mol. The standard InChI is InChI=1S/C56H42N2O13/c57-30-13-22-43(59)38-23-24-40-46(39(38)29-31-58-65)55(64)71-56(40)41-25-27-44(68-51(60)36-18-9-3-10-19-36)47(53(62)66-32-34-14-5-1-6-15-34)49(41)70-50-42(56)26-28-45(69-52(61)37-20-11-4-12-21-37)48(50)54(63)67-33-35-16-7-2-8-17-35/h1-12,14-21,23-28H,13,22,29-33,57H2. The molecule has 0 saturated carbocycles. The number of carbonyl (C=O) groups excluding carboxylic acids is 6. The molecule has 0 aliphatic carbocycles. The summed E-state index contributed by atoms with van der Waals surface area (Å²) in [4.78, 5) is 97.5. The van der Waals surface area contributed by atoms with Gasteiger partial charge in [-0.05, 0) is 84.6 Å². The Kier molecular flexibility index (Phi) is 13.7. The molecule has 71 heavy (non-hydrogen) atoms. The number of esters is 5. The molecule has 0 radical (unpaired) electrons. The van der Waals surface area contributed by atoms with E-state index in [1.54, 1.807) is 97.1 Å². The molecule has 2 heterocycles. The van der Waals surface area contributed by atoms with Gasteiger partial charge in [0, 0.05) is 28.7 Å². The fourth-order valence-electron chi connectivity index (χ4n) is 8.65. The van der Waals surface area contributed by atoms with E-state index in [1.165, 1.54) is 60.7 Å². The lowest BCUT2D eigenvalue weighted by Gasteiger charge is -2.38. The normalized spacial score (nSPS) is 12.5. The molecule has 9 rings (SSSR count). The molecule has 0 amide bonds. The van der Waals surface area contributed by atoms with Crippen LogP contribution < -0.4 is 19.9 Å². The van der Waals surface area contributed by atoms with Crippen LogP contribution >= 0.6 is 0 Å². The topological polar surface area (TPSA) is 213 Å². The van der Waals surface area contributed by atoms with Crippen molar-refractivity contribution < 1.29 is 57.2 Å². The second-order valence-electron chi connectivity index (χ2n) is 16.4. The van der Waals surface area contributed by atoms with Crippen LogP contribution in [0, 0.1) is 4.91 Å². The molecular weight excluding hydrogens is 909 g/mol. The highest BCUT2D eigenvalue weighted by Gasteiger charge is 2.57. The van der Waals surface area contributed by atoms with Crippen molar-refractivity contribution in [2.45, 2.75) is 38.1 Å². The average Bonchev–Trinajstić information content (AvgIpc) is 3.70. The number of rotatable bonds is 17. The van der Waals surface area contributed by atoms with Crippen LogP contribution in [0.5, 0.6) is 23.0 Å². The number of Topliss-reactive ketones (excluding diaryl/α,β-unsaturated/α-hetero) is 1. The first kappa shape index (κ1) is 47.0. The van der Waals surface area contributed by atoms with Crippen LogP contribution in [0.4, 0.5) is 0 Å². The number of hydrogen-bond donors (Lipinski definition) is 1. The van der Waals surface area contributed by atoms with Gasteiger partial charge in [0.1, 0.15) is 35.8 Å². The molecule has 0 saturated heterocycles. The molecule has 15 heteroatoms. The highest BCUT2D eigenvalue weighted by Crippen LogP contribution is 2.60. The summed E-state index contributed by atoms with van der Waals surface area (Å²) in [5, 5.41) is 3.03. The number of nitrogens with two attached hydrogens (primary N) is 1. The van der Waals surface area contributed by atoms with Crippen molar-refractivity contribution in [3.05, 3.63) is 229 Å². The second-order valence-corrected chi connectivity index (χ2v) is 16.4. The molecule has 354 valence electrons. The number of hydrogen-bond acceptors (Lipinski definition) is 15. The lowest BCUT2D eigenvalue weighted by Crippen LogP contribution is -2.35. The van der Waals surface area contributed by atoms with E-state index in [1.807, 2.05) is 0 Å². The van der Waals surface area contributed by atoms with Crippen LogP contribution in [-0.2, 0) is 39.4 Å². The maximum atomic E-state index is 14.8. The Morgan fingerprint density at radius 3 is 1.49 bits per heavy atom. The van der Waals surface area contributed by atoms with E-state index in [2.05, 4.69) is 5.18 Å². The van der Waals surface area contributed by atoms with Crippen LogP contribution in [-0.4, -0.2) is 48.7 Å². The first-order chi connectivity index (χ1) is 34.6. The van der Waals surface area contributed by atoms with E-state index in [9.17, 15) is 33.7 Å². The zero-order valence-electron chi connectivity index (χ0n) is 37.8. The van der Waals surface area contributed by atoms with Crippen LogP contribution in [0.15, 0.2) is 163 Å². The predicted molar refractivity (Wildman–Crippen MR) is 256 cm³/mol. The molecule has 7 aromatic carbocycles. The minimum absolute atomic E-state index is 0.00238. The molecule has 0 unspecified atom stereocenters. The summed E-state index contributed by atoms with van der Waals surface area (Å²) in [6.07, 6.45) is 0.234. The van der Waals surface area contributed by atoms with Gasteiger partial charge in [-0.2, -0.15) is 4.91 Å². The second kappa shape index (κ2) is 20.6. The Labute approximate surface area is 406 Å². The molecule has 7 aromatic rings. The number of nitrogens with zero attached hydrogens (tertiary/aromatic N) is 1. The number of carbonyl (C=O) groups is 6. The Balaban J connectivity index is 1.31. The van der Waals surface area contributed by atoms with Crippen molar-refractivity contribution in [2.24, 2.45) is 10.9 Å². The van der Waals surface area contributed by atoms with E-state index in [4.69, 9.17) is 34.2 Å². The predicted octanol–water partition coefficient (Wildman–Crippen LogP) is 9.64. The average molecular weight is 951 g/mol. The first-order valence-electron chi connectivity index (χ1n) is 22.5. The van der Waals surface area contributed by atoms with Gasteiger partial charge in [0.05, 0.1) is 23.2 Å². The number of fused-ring (bicyclic) bond motifs is 6. The molecule has 0 aromatic heterocycles. The Morgan fingerprint density at radius 2 is 1.03 bits per heavy atom. The maximum Gasteiger partial charge on any atom is 0.346 e. The van der Waals surface area contributed by atoms with E-state index in [0.29, 0.717) is 17.5 Å². The zero-order valence-corrected chi connectivity index (χ0v) is 37.8. The molecule has 2 aliphatic heterocycles. The third kappa shape index (κ3) is 9.29. The fraction of sp³-hybridized carbons (Fsp3) is 0.143. The summed E-state index contributed by atoms with van der Waals surface area (Å²) in [5.74, 6) is -6.52. The van der Waals surface area contributed by atoms with E-state index in [-0.39, 0.29) is 112 Å². The molecule has 2 N–H and O–H groups in total. The van der Waals surface area contributed by atoms with Gasteiger partial charge in [0.25, 0.3) is 0 Å². The summed E-state index contributed by atoms with van der Waals surface area (Å²) in [6, 6.07) is 42.1. The van der Waals surface area contributed by atoms with Crippen molar-refractivity contribution in [3.63, 3.8) is 0 Å². The highest BCUT2D eigenvalue weighted by atomic mass is 16.6. The van der Waals surface area contributed by atoms with Crippen molar-refractivity contribution in [1.29, 1.82) is 0 Å². The Morgan fingerprint density at radius 1 is 0.563 bits per heavy atom. The van der Waals surface area contributed by atoms with E-state index >= 15 is 0 Å². The van der Waals surface area contributed by atoms with E-state index < -0.39 is 46.6 Å². The van der Waals surface area contributed by atoms with E-state index in [0.717, 1.165) is 0 Å². The quantitative estimate of drug-likeness (QED) is 0.0296. The fourth-order valence-corrected chi connectivity index (χ4v) is 8.65. The van der Waals surface area contributed by atoms with Crippen LogP contribution in [0.25, 0.3) is 0 Å². The molecule has 0 fully saturated rings. The molecule has 0 bridgehead atoms. The summed E-state index contributed by atoms with van der Waals surface area (Å²) in [6.45, 7) is -0.592. The van der Waals surface area contributed by atoms with Gasteiger partial charge in [-0.1, -0.05) is 114 Å². The third-order valence-corrected chi connectivity index (χ3v) is 12.0. The van der Waals surface area contributed by atoms with Gasteiger partial charge in [-0.25, -0.2) is 24.0 Å². The number of ketones is 1. The summed E-state index contributed by atoms with van der Waals surface area (Å²) in [5.41, 5.74) is 4.57. The number of nitroso groups, excluding NO2 is 1. The van der Waals surface area contributed by atoms with Gasteiger partial charge < -0.3 is 34.2 Å². The number of ether oxygens (including phenoxy) is 6. The van der Waals surface area contributed by atoms with Crippen LogP contribution in [0.1, 0.15) is 108 Å². The Hall–Kier alpha value is -9.08. The summed E-state index contributed by atoms with van der Waals surface area (Å²) in [7, 11) is 0. The van der Waals surface area contributed by atoms with Crippen molar-refractivity contribution in [3.8, 4) is 23.0 Å². The molecular formula is C56H42N2O13. The summed E-state index contributed by atoms with van der Waals surface area (Å²) < 4.78 is 37.1. The maximum absolute atomic E-state index is 14.8. The molecule has 2 aliphatic rings. The van der Waals surface area contributed by atoms with Gasteiger partial charge in [-0.3, -0.25) is 4.79 Å². The summed E-state index contributed by atoms with van der Waals surface area (Å²) >= 11 is 0. The lowest BCUT2D eigenvalue weighted by atomic mass is 9.74. The lowest BCUT2D eigenvalue weighted by molar-refractivity contribution is 0.0221. The van der Waals surface area contributed by atoms with Crippen LogP contribution in [0.2, 0.25) is 0 Å². The van der Waals surface area contributed by atoms with Crippen molar-refractivity contribution in [1.82, 2.24) is 0 Å². The first-order valence-corrected chi connectivity index (χ1v) is 22.5. The van der Waals surface area contributed by atoms with Gasteiger partial charge in [-0.15, -0.1) is 0 Å². The van der Waals surface area contributed by atoms with Crippen LogP contribution in [0.3, 0.4) is 0 Å². The highest BCUT2D eigenvalue weighted by molar-refractivity contribution is 6.07. The third-order valence-electron chi connectivity index (χ3n) is 12.0. The van der Waals surface area contributed by atoms with Crippen molar-refractivity contribution in [2.75, 3.05) is 13.1 Å². The van der Waals surface area contributed by atoms with Gasteiger partial charge in [0.2, 0.25) is 0 Å².